The second-order valence-electron chi connectivity index (χ2n) is 21.4. The van der Waals surface area contributed by atoms with Crippen molar-refractivity contribution in [2.45, 2.75) is 178 Å². The van der Waals surface area contributed by atoms with Crippen LogP contribution in [0.15, 0.2) is 18.7 Å². The summed E-state index contributed by atoms with van der Waals surface area (Å²) in [4.78, 5) is 21.3. The van der Waals surface area contributed by atoms with Gasteiger partial charge in [0.25, 0.3) is 6.03 Å². The van der Waals surface area contributed by atoms with Crippen LogP contribution < -0.4 is 14.6 Å². The number of halogens is 5. The van der Waals surface area contributed by atoms with E-state index in [-0.39, 0.29) is 6.03 Å². The molecule has 1 aromatic heterocycles. The predicted molar refractivity (Wildman–Crippen MR) is 288 cm³/mol. The molecule has 2 amide bonds. The van der Waals surface area contributed by atoms with Crippen molar-refractivity contribution in [2.75, 3.05) is 18.6 Å². The molecule has 3 N–H and O–H groups in total. The number of nitrogens with one attached hydrogen (secondary N) is 3. The lowest BCUT2D eigenvalue weighted by atomic mass is 10.7. The topological polar surface area (TPSA) is 74.2 Å². The van der Waals surface area contributed by atoms with Crippen LogP contribution >= 0.6 is 55.9 Å². The highest BCUT2D eigenvalue weighted by Crippen LogP contribution is 2.11. The molecule has 1 rings (SSSR count). The van der Waals surface area contributed by atoms with Crippen LogP contribution in [-0.4, -0.2) is 109 Å². The van der Waals surface area contributed by atoms with Gasteiger partial charge in [-0.05, 0) is 26.2 Å². The molecule has 21 heteroatoms. The normalized spacial score (nSPS) is 12.5. The maximum atomic E-state index is 11.3. The van der Waals surface area contributed by atoms with E-state index in [2.05, 4.69) is 180 Å². The quantitative estimate of drug-likeness (QED) is 0.131. The molecular weight excluding hydrogens is 938 g/mol. The first-order chi connectivity index (χ1) is 23.5. The van der Waals surface area contributed by atoms with E-state index < -0.39 is 70.9 Å². The Labute approximate surface area is 377 Å². The average Bonchev–Trinajstić information content (AvgIpc) is 3.34. The zero-order valence-corrected chi connectivity index (χ0v) is 53.8. The minimum atomic E-state index is -1.67. The molecule has 0 spiro atoms. The Bertz CT molecular complexity index is 1010. The van der Waals surface area contributed by atoms with Crippen molar-refractivity contribution in [2.24, 2.45) is 0 Å². The third-order valence-corrected chi connectivity index (χ3v) is 20.8. The Morgan fingerprint density at radius 2 is 0.873 bits per heavy atom. The van der Waals surface area contributed by atoms with Gasteiger partial charge in [-0.15, -0.1) is 33.8 Å². The molecule has 0 aliphatic carbocycles. The standard InChI is InChI=1S/C7H20N2OSi2.C7H19NSi.C6H12N2Si.C6H19NSi2.C3H8Cl2Si.C3H9ClSi.C2H6Cl2Si/c1-11(2,3)8-7(10)9-12(4,5)6;1-6-8(7-2)9(3,4)5;1-9(2,3)8-5-4-7-6-8;1-8(2,3)7-9(4,5)6;1-6(2,5)3-4;2*1-5(2,3)4/h1-6H3,(H2,8,9,10);6-7H2,1-5H3;4-6H,1-3H3;7H,1-6H3;3H2,1-2H3;1-3H3;1-2H3. The molecular formula is C34H93Cl5N6OSi9. The van der Waals surface area contributed by atoms with Crippen molar-refractivity contribution in [1.29, 1.82) is 0 Å². The van der Waals surface area contributed by atoms with Gasteiger partial charge in [-0.1, -0.05) is 164 Å². The number of hydrogen-bond acceptors (Lipinski definition) is 4. The molecule has 7 nitrogen and oxygen atoms in total. The lowest BCUT2D eigenvalue weighted by molar-refractivity contribution is 0.250. The van der Waals surface area contributed by atoms with Crippen molar-refractivity contribution >= 4 is 133 Å². The first-order valence-electron chi connectivity index (χ1n) is 19.4. The summed E-state index contributed by atoms with van der Waals surface area (Å²) in [5.74, 6) is 0. The summed E-state index contributed by atoms with van der Waals surface area (Å²) in [5, 5.41) is 0. The van der Waals surface area contributed by atoms with Gasteiger partial charge in [-0.3, -0.25) is 4.79 Å². The number of carbonyl (C=O) groups excluding carboxylic acids is 1. The number of imidazole rings is 1. The van der Waals surface area contributed by atoms with Crippen LogP contribution in [0.4, 0.5) is 4.79 Å². The fraction of sp³-hybridized carbons (Fsp3) is 0.882. The van der Waals surface area contributed by atoms with Gasteiger partial charge < -0.3 is 23.4 Å². The van der Waals surface area contributed by atoms with Gasteiger partial charge in [-0.25, -0.2) is 4.98 Å². The Hall–Kier alpha value is 1.80. The summed E-state index contributed by atoms with van der Waals surface area (Å²) < 4.78 is 8.53. The first-order valence-corrected chi connectivity index (χ1v) is 54.6. The lowest BCUT2D eigenvalue weighted by Crippen LogP contribution is -2.56. The third-order valence-electron chi connectivity index (χ3n) is 5.04. The molecule has 1 heterocycles. The minimum absolute atomic E-state index is 0.00772. The van der Waals surface area contributed by atoms with E-state index in [0.717, 1.165) is 0 Å². The number of carbonyl (C=O) groups is 1. The largest absolute Gasteiger partial charge is 0.366 e. The summed E-state index contributed by atoms with van der Waals surface area (Å²) in [6, 6.07) is 0.00772. The number of rotatable bonds is 9. The number of alkyl halides is 1. The van der Waals surface area contributed by atoms with Crippen molar-refractivity contribution in [3.8, 4) is 0 Å². The Morgan fingerprint density at radius 1 is 0.600 bits per heavy atom. The molecule has 0 radical (unpaired) electrons. The number of amides is 2. The predicted octanol–water partition coefficient (Wildman–Crippen LogP) is 14.4. The minimum Gasteiger partial charge on any atom is -0.366 e. The first kappa shape index (κ1) is 68.5. The van der Waals surface area contributed by atoms with Crippen LogP contribution in [-0.2, 0) is 0 Å². The molecule has 0 aliphatic rings. The fourth-order valence-electron chi connectivity index (χ4n) is 3.67. The maximum absolute atomic E-state index is 11.3. The van der Waals surface area contributed by atoms with E-state index in [1.54, 1.807) is 0 Å². The number of hydrogen-bond donors (Lipinski definition) is 3. The molecule has 0 fully saturated rings. The van der Waals surface area contributed by atoms with Crippen LogP contribution in [0.5, 0.6) is 0 Å². The van der Waals surface area contributed by atoms with Crippen LogP contribution in [0.1, 0.15) is 13.8 Å². The van der Waals surface area contributed by atoms with Gasteiger partial charge in [0.2, 0.25) is 6.69 Å². The van der Waals surface area contributed by atoms with Crippen LogP contribution in [0.3, 0.4) is 0 Å². The Morgan fingerprint density at radius 3 is 0.945 bits per heavy atom. The van der Waals surface area contributed by atoms with Crippen molar-refractivity contribution in [3.05, 3.63) is 18.7 Å². The second kappa shape index (κ2) is 30.0. The van der Waals surface area contributed by atoms with Gasteiger partial charge >= 0.3 is 0 Å². The average molecular weight is 1030 g/mol. The van der Waals surface area contributed by atoms with Crippen LogP contribution in [0.2, 0.25) is 164 Å². The Balaban J connectivity index is -0.000000130. The number of urea groups is 1. The molecule has 0 bridgehead atoms. The van der Waals surface area contributed by atoms with Crippen LogP contribution in [0.25, 0.3) is 0 Å². The van der Waals surface area contributed by atoms with Gasteiger partial charge in [0, 0.05) is 17.9 Å². The summed E-state index contributed by atoms with van der Waals surface area (Å²) in [6.45, 7) is 60.0. The van der Waals surface area contributed by atoms with Crippen LogP contribution in [0, 0.1) is 0 Å². The van der Waals surface area contributed by atoms with Gasteiger partial charge in [0.05, 0.1) is 6.33 Å². The molecule has 55 heavy (non-hydrogen) atoms. The van der Waals surface area contributed by atoms with E-state index in [0.29, 0.717) is 5.50 Å². The summed E-state index contributed by atoms with van der Waals surface area (Å²) in [6.07, 6.45) is 5.76. The zero-order valence-electron chi connectivity index (χ0n) is 41.0. The van der Waals surface area contributed by atoms with Gasteiger partial charge in [0.1, 0.15) is 48.6 Å². The van der Waals surface area contributed by atoms with Crippen molar-refractivity contribution < 1.29 is 4.79 Å². The van der Waals surface area contributed by atoms with Crippen molar-refractivity contribution in [3.63, 3.8) is 0 Å². The third kappa shape index (κ3) is 84.2. The van der Waals surface area contributed by atoms with E-state index in [4.69, 9.17) is 55.9 Å². The zero-order chi connectivity index (χ0) is 46.3. The molecule has 1 aromatic rings. The number of aromatic nitrogens is 2. The number of nitrogens with zero attached hydrogens (tertiary/aromatic N) is 3. The SMILES string of the molecule is CCN(CC)[Si](C)(C)C.C[Si](C)(C)Cl.C[Si](C)(C)NC(=O)N[Si](C)(C)C.C[Si](C)(C)N[Si](C)(C)C.C[Si](C)(C)n1ccnc1.C[Si](C)(Cl)CCl.C[Si](C)(Cl)Cl. The molecule has 0 aromatic carbocycles. The Kier molecular flexibility index (Phi) is 37.3. The fourth-order valence-corrected chi connectivity index (χ4v) is 17.1. The summed E-state index contributed by atoms with van der Waals surface area (Å²) in [7, 11) is -9.49. The van der Waals surface area contributed by atoms with Crippen molar-refractivity contribution in [1.82, 2.24) is 28.4 Å². The van der Waals surface area contributed by atoms with Gasteiger partial charge in [0.15, 0.2) is 15.6 Å². The smallest absolute Gasteiger partial charge is 0.298 e. The highest BCUT2D eigenvalue weighted by molar-refractivity contribution is 7.44. The molecule has 0 aliphatic heterocycles. The monoisotopic (exact) mass is 1030 g/mol. The van der Waals surface area contributed by atoms with E-state index in [9.17, 15) is 4.79 Å². The molecule has 0 atom stereocenters. The highest BCUT2D eigenvalue weighted by atomic mass is 35.7. The van der Waals surface area contributed by atoms with E-state index >= 15 is 0 Å². The lowest BCUT2D eigenvalue weighted by Gasteiger charge is -2.31. The van der Waals surface area contributed by atoms with E-state index in [1.165, 1.54) is 13.1 Å². The molecule has 0 unspecified atom stereocenters. The molecule has 336 valence electrons. The summed E-state index contributed by atoms with van der Waals surface area (Å²) in [5.41, 5.74) is 0.647. The van der Waals surface area contributed by atoms with E-state index in [1.807, 2.05) is 44.9 Å². The summed E-state index contributed by atoms with van der Waals surface area (Å²) >= 11 is 27.7. The maximum Gasteiger partial charge on any atom is 0.298 e. The second-order valence-corrected chi connectivity index (χ2v) is 74.8. The molecule has 0 saturated carbocycles. The highest BCUT2D eigenvalue weighted by Gasteiger charge is 2.23. The van der Waals surface area contributed by atoms with Gasteiger partial charge in [-0.2, -0.15) is 22.2 Å². The molecule has 0 saturated heterocycles.